The molecule has 1 heterocycles. The van der Waals surface area contributed by atoms with Crippen molar-refractivity contribution in [3.63, 3.8) is 0 Å². The van der Waals surface area contributed by atoms with Gasteiger partial charge in [0.25, 0.3) is 0 Å². The molecule has 0 aliphatic carbocycles. The lowest BCUT2D eigenvalue weighted by Crippen LogP contribution is -2.37. The summed E-state index contributed by atoms with van der Waals surface area (Å²) in [6.45, 7) is 4.46. The standard InChI is InChI=1S/C10H16N2O2S/c1-7(9-11-4-5-15-9)6-12(3)8(2)10(13)14/h4-5,7-8H,6H2,1-3H3,(H,13,14). The molecule has 0 radical (unpaired) electrons. The van der Waals surface area contributed by atoms with Gasteiger partial charge in [0.2, 0.25) is 0 Å². The fraction of sp³-hybridized carbons (Fsp3) is 0.600. The van der Waals surface area contributed by atoms with Gasteiger partial charge in [0.15, 0.2) is 0 Å². The lowest BCUT2D eigenvalue weighted by atomic mass is 10.1. The minimum atomic E-state index is -0.788. The summed E-state index contributed by atoms with van der Waals surface area (Å²) >= 11 is 1.61. The molecule has 1 aromatic heterocycles. The lowest BCUT2D eigenvalue weighted by molar-refractivity contribution is -0.142. The molecule has 1 rings (SSSR count). The number of thiazole rings is 1. The van der Waals surface area contributed by atoms with Crippen molar-refractivity contribution >= 4 is 17.3 Å². The fourth-order valence-corrected chi connectivity index (χ4v) is 2.02. The molecular formula is C10H16N2O2S. The third-order valence-corrected chi connectivity index (χ3v) is 3.46. The Balaban J connectivity index is 2.51. The average Bonchev–Trinajstić information content (AvgIpc) is 2.68. The molecule has 84 valence electrons. The molecule has 0 fully saturated rings. The van der Waals surface area contributed by atoms with Gasteiger partial charge >= 0.3 is 5.97 Å². The normalized spacial score (nSPS) is 15.2. The molecular weight excluding hydrogens is 212 g/mol. The minimum Gasteiger partial charge on any atom is -0.480 e. The van der Waals surface area contributed by atoms with Crippen LogP contribution in [0.15, 0.2) is 11.6 Å². The molecule has 0 bridgehead atoms. The van der Waals surface area contributed by atoms with E-state index in [1.807, 2.05) is 17.3 Å². The van der Waals surface area contributed by atoms with Crippen molar-refractivity contribution in [1.29, 1.82) is 0 Å². The van der Waals surface area contributed by atoms with E-state index in [1.165, 1.54) is 0 Å². The number of carboxylic acids is 1. The quantitative estimate of drug-likeness (QED) is 0.832. The number of rotatable bonds is 5. The predicted molar refractivity (Wildman–Crippen MR) is 60.3 cm³/mol. The molecule has 4 nitrogen and oxygen atoms in total. The second kappa shape index (κ2) is 5.23. The number of nitrogens with zero attached hydrogens (tertiary/aromatic N) is 2. The van der Waals surface area contributed by atoms with E-state index in [0.29, 0.717) is 6.54 Å². The van der Waals surface area contributed by atoms with Gasteiger partial charge in [-0.05, 0) is 14.0 Å². The van der Waals surface area contributed by atoms with E-state index in [0.717, 1.165) is 5.01 Å². The van der Waals surface area contributed by atoms with Gasteiger partial charge in [0.1, 0.15) is 6.04 Å². The number of hydrogen-bond donors (Lipinski definition) is 1. The van der Waals surface area contributed by atoms with Crippen molar-refractivity contribution in [3.8, 4) is 0 Å². The first-order valence-corrected chi connectivity index (χ1v) is 5.72. The Bertz CT molecular complexity index is 313. The first-order valence-electron chi connectivity index (χ1n) is 4.84. The number of hydrogen-bond acceptors (Lipinski definition) is 4. The maximum Gasteiger partial charge on any atom is 0.320 e. The average molecular weight is 228 g/mol. The van der Waals surface area contributed by atoms with E-state index in [-0.39, 0.29) is 5.92 Å². The van der Waals surface area contributed by atoms with Crippen LogP contribution in [0.5, 0.6) is 0 Å². The van der Waals surface area contributed by atoms with E-state index >= 15 is 0 Å². The highest BCUT2D eigenvalue weighted by molar-refractivity contribution is 7.09. The van der Waals surface area contributed by atoms with Crippen LogP contribution >= 0.6 is 11.3 Å². The zero-order chi connectivity index (χ0) is 11.4. The summed E-state index contributed by atoms with van der Waals surface area (Å²) in [5.41, 5.74) is 0. The van der Waals surface area contributed by atoms with Crippen LogP contribution in [-0.2, 0) is 4.79 Å². The largest absolute Gasteiger partial charge is 0.480 e. The highest BCUT2D eigenvalue weighted by Crippen LogP contribution is 2.18. The number of carboxylic acid groups (broad SMARTS) is 1. The topological polar surface area (TPSA) is 53.4 Å². The number of likely N-dealkylation sites (N-methyl/N-ethyl adjacent to an activating group) is 1. The second-order valence-corrected chi connectivity index (χ2v) is 4.65. The third kappa shape index (κ3) is 3.28. The van der Waals surface area contributed by atoms with Crippen molar-refractivity contribution in [1.82, 2.24) is 9.88 Å². The first kappa shape index (κ1) is 12.1. The molecule has 0 aliphatic heterocycles. The molecule has 0 spiro atoms. The van der Waals surface area contributed by atoms with Gasteiger partial charge in [-0.2, -0.15) is 0 Å². The monoisotopic (exact) mass is 228 g/mol. The zero-order valence-corrected chi connectivity index (χ0v) is 9.99. The summed E-state index contributed by atoms with van der Waals surface area (Å²) < 4.78 is 0. The summed E-state index contributed by atoms with van der Waals surface area (Å²) in [4.78, 5) is 16.8. The highest BCUT2D eigenvalue weighted by atomic mass is 32.1. The smallest absolute Gasteiger partial charge is 0.320 e. The number of carbonyl (C=O) groups is 1. The second-order valence-electron chi connectivity index (χ2n) is 3.73. The van der Waals surface area contributed by atoms with Gasteiger partial charge in [-0.25, -0.2) is 4.98 Å². The minimum absolute atomic E-state index is 0.275. The third-order valence-electron chi connectivity index (χ3n) is 2.45. The van der Waals surface area contributed by atoms with Gasteiger partial charge in [0, 0.05) is 24.0 Å². The van der Waals surface area contributed by atoms with Crippen LogP contribution in [0, 0.1) is 0 Å². The van der Waals surface area contributed by atoms with Crippen LogP contribution in [0.3, 0.4) is 0 Å². The summed E-state index contributed by atoms with van der Waals surface area (Å²) in [7, 11) is 1.82. The Kier molecular flexibility index (Phi) is 4.23. The van der Waals surface area contributed by atoms with E-state index in [4.69, 9.17) is 5.11 Å². The molecule has 5 heteroatoms. The van der Waals surface area contributed by atoms with Gasteiger partial charge in [0.05, 0.1) is 5.01 Å². The van der Waals surface area contributed by atoms with Crippen LogP contribution in [0.1, 0.15) is 24.8 Å². The Morgan fingerprint density at radius 3 is 2.80 bits per heavy atom. The highest BCUT2D eigenvalue weighted by Gasteiger charge is 2.19. The summed E-state index contributed by atoms with van der Waals surface area (Å²) in [5, 5.41) is 11.8. The number of aliphatic carboxylic acids is 1. The molecule has 0 saturated heterocycles. The first-order chi connectivity index (χ1) is 7.02. The summed E-state index contributed by atoms with van der Waals surface area (Å²) in [6.07, 6.45) is 1.77. The Morgan fingerprint density at radius 1 is 1.67 bits per heavy atom. The van der Waals surface area contributed by atoms with E-state index in [2.05, 4.69) is 11.9 Å². The maximum atomic E-state index is 10.8. The Hall–Kier alpha value is -0.940. The molecule has 15 heavy (non-hydrogen) atoms. The number of aromatic nitrogens is 1. The van der Waals surface area contributed by atoms with Gasteiger partial charge in [-0.1, -0.05) is 6.92 Å². The van der Waals surface area contributed by atoms with Crippen molar-refractivity contribution in [2.24, 2.45) is 0 Å². The van der Waals surface area contributed by atoms with Crippen molar-refractivity contribution in [2.45, 2.75) is 25.8 Å². The molecule has 2 unspecified atom stereocenters. The Labute approximate surface area is 93.6 Å². The van der Waals surface area contributed by atoms with Crippen molar-refractivity contribution in [3.05, 3.63) is 16.6 Å². The van der Waals surface area contributed by atoms with Crippen LogP contribution in [0.2, 0.25) is 0 Å². The van der Waals surface area contributed by atoms with Crippen LogP contribution in [0.25, 0.3) is 0 Å². The SMILES string of the molecule is CC(CN(C)C(C)C(=O)O)c1nccs1. The fourth-order valence-electron chi connectivity index (χ4n) is 1.33. The molecule has 0 saturated carbocycles. The van der Waals surface area contributed by atoms with E-state index < -0.39 is 12.0 Å². The van der Waals surface area contributed by atoms with Gasteiger partial charge in [-0.3, -0.25) is 9.69 Å². The van der Waals surface area contributed by atoms with E-state index in [9.17, 15) is 4.79 Å². The van der Waals surface area contributed by atoms with Gasteiger partial charge < -0.3 is 5.11 Å². The van der Waals surface area contributed by atoms with Crippen molar-refractivity contribution < 1.29 is 9.90 Å². The summed E-state index contributed by atoms with van der Waals surface area (Å²) in [6, 6.07) is -0.451. The molecule has 0 aromatic carbocycles. The van der Waals surface area contributed by atoms with E-state index in [1.54, 1.807) is 24.5 Å². The van der Waals surface area contributed by atoms with Crippen LogP contribution < -0.4 is 0 Å². The van der Waals surface area contributed by atoms with Crippen molar-refractivity contribution in [2.75, 3.05) is 13.6 Å². The molecule has 1 aromatic rings. The zero-order valence-electron chi connectivity index (χ0n) is 9.17. The van der Waals surface area contributed by atoms with Crippen LogP contribution in [0.4, 0.5) is 0 Å². The van der Waals surface area contributed by atoms with Gasteiger partial charge in [-0.15, -0.1) is 11.3 Å². The summed E-state index contributed by atoms with van der Waals surface area (Å²) in [5.74, 6) is -0.513. The Morgan fingerprint density at radius 2 is 2.33 bits per heavy atom. The molecule has 0 aliphatic rings. The lowest BCUT2D eigenvalue weighted by Gasteiger charge is -2.23. The maximum absolute atomic E-state index is 10.8. The molecule has 0 amide bonds. The van der Waals surface area contributed by atoms with Crippen LogP contribution in [-0.4, -0.2) is 40.6 Å². The molecule has 1 N–H and O–H groups in total. The molecule has 2 atom stereocenters. The predicted octanol–water partition coefficient (Wildman–Crippen LogP) is 1.65.